The predicted molar refractivity (Wildman–Crippen MR) is 73.7 cm³/mol. The second-order valence-corrected chi connectivity index (χ2v) is 6.55. The molecule has 1 heterocycles. The third-order valence-corrected chi connectivity index (χ3v) is 4.85. The summed E-state index contributed by atoms with van der Waals surface area (Å²) in [4.78, 5) is 11.9. The minimum Gasteiger partial charge on any atom is -0.466 e. The van der Waals surface area contributed by atoms with Gasteiger partial charge in [0.05, 0.1) is 23.7 Å². The largest absolute Gasteiger partial charge is 0.466 e. The molecule has 0 spiro atoms. The standard InChI is InChI=1S/C14H25BO4/c1-7-9-10(12(16)17-8-2)11(9)15-18-13(3,4)14(5,6)19-15/h9-11H,7-8H2,1-6H3/t9-,10+,11+/m0/s1. The van der Waals surface area contributed by atoms with E-state index in [9.17, 15) is 4.79 Å². The van der Waals surface area contributed by atoms with Crippen molar-refractivity contribution in [2.45, 2.75) is 65.0 Å². The van der Waals surface area contributed by atoms with Crippen molar-refractivity contribution in [3.8, 4) is 0 Å². The highest BCUT2D eigenvalue weighted by molar-refractivity contribution is 6.49. The molecule has 0 unspecified atom stereocenters. The van der Waals surface area contributed by atoms with E-state index in [1.165, 1.54) is 0 Å². The van der Waals surface area contributed by atoms with Gasteiger partial charge in [-0.15, -0.1) is 0 Å². The molecule has 0 amide bonds. The van der Waals surface area contributed by atoms with Crippen LogP contribution >= 0.6 is 0 Å². The lowest BCUT2D eigenvalue weighted by molar-refractivity contribution is -0.145. The minimum atomic E-state index is -0.336. The van der Waals surface area contributed by atoms with Crippen molar-refractivity contribution in [2.75, 3.05) is 6.61 Å². The fourth-order valence-corrected chi connectivity index (χ4v) is 2.91. The summed E-state index contributed by atoms with van der Waals surface area (Å²) in [6, 6.07) is 0. The van der Waals surface area contributed by atoms with Gasteiger partial charge in [0.1, 0.15) is 0 Å². The molecule has 0 radical (unpaired) electrons. The Morgan fingerprint density at radius 3 is 2.11 bits per heavy atom. The summed E-state index contributed by atoms with van der Waals surface area (Å²) >= 11 is 0. The molecular formula is C14H25BO4. The molecule has 19 heavy (non-hydrogen) atoms. The van der Waals surface area contributed by atoms with Gasteiger partial charge < -0.3 is 14.0 Å². The molecular weight excluding hydrogens is 243 g/mol. The number of esters is 1. The van der Waals surface area contributed by atoms with Gasteiger partial charge in [-0.25, -0.2) is 0 Å². The average Bonchev–Trinajstić information content (AvgIpc) is 2.96. The summed E-state index contributed by atoms with van der Waals surface area (Å²) in [6.07, 6.45) is 0.957. The normalized spacial score (nSPS) is 35.3. The maximum absolute atomic E-state index is 11.9. The molecule has 2 rings (SSSR count). The molecule has 0 N–H and O–H groups in total. The van der Waals surface area contributed by atoms with Crippen molar-refractivity contribution >= 4 is 13.1 Å². The van der Waals surface area contributed by atoms with Crippen LogP contribution < -0.4 is 0 Å². The van der Waals surface area contributed by atoms with Crippen molar-refractivity contribution in [3.05, 3.63) is 0 Å². The summed E-state index contributed by atoms with van der Waals surface area (Å²) in [6.45, 7) is 12.5. The van der Waals surface area contributed by atoms with Crippen molar-refractivity contribution in [1.29, 1.82) is 0 Å². The maximum Gasteiger partial charge on any atom is 0.462 e. The van der Waals surface area contributed by atoms with E-state index in [0.717, 1.165) is 6.42 Å². The van der Waals surface area contributed by atoms with Crippen molar-refractivity contribution in [3.63, 3.8) is 0 Å². The molecule has 0 aromatic heterocycles. The molecule has 5 heteroatoms. The predicted octanol–water partition coefficient (Wildman–Crippen LogP) is 2.67. The van der Waals surface area contributed by atoms with Gasteiger partial charge in [0.2, 0.25) is 0 Å². The van der Waals surface area contributed by atoms with E-state index in [0.29, 0.717) is 12.5 Å². The van der Waals surface area contributed by atoms with E-state index >= 15 is 0 Å². The summed E-state index contributed by atoms with van der Waals surface area (Å²) in [5.41, 5.74) is -0.671. The van der Waals surface area contributed by atoms with E-state index in [-0.39, 0.29) is 36.0 Å². The van der Waals surface area contributed by atoms with Crippen molar-refractivity contribution in [2.24, 2.45) is 11.8 Å². The number of carbonyl (C=O) groups is 1. The first-order chi connectivity index (χ1) is 8.75. The van der Waals surface area contributed by atoms with Crippen LogP contribution in [0.3, 0.4) is 0 Å². The number of hydrogen-bond acceptors (Lipinski definition) is 4. The molecule has 1 aliphatic carbocycles. The first kappa shape index (κ1) is 14.9. The van der Waals surface area contributed by atoms with Crippen LogP contribution in [0.2, 0.25) is 5.82 Å². The monoisotopic (exact) mass is 268 g/mol. The molecule has 2 aliphatic rings. The van der Waals surface area contributed by atoms with Gasteiger partial charge >= 0.3 is 13.1 Å². The van der Waals surface area contributed by atoms with Gasteiger partial charge in [-0.2, -0.15) is 0 Å². The van der Waals surface area contributed by atoms with Crippen LogP contribution in [-0.2, 0) is 18.8 Å². The van der Waals surface area contributed by atoms with E-state index < -0.39 is 0 Å². The molecule has 0 aromatic rings. The zero-order valence-corrected chi connectivity index (χ0v) is 12.9. The molecule has 1 saturated heterocycles. The van der Waals surface area contributed by atoms with Crippen molar-refractivity contribution in [1.82, 2.24) is 0 Å². The number of ether oxygens (including phenoxy) is 1. The smallest absolute Gasteiger partial charge is 0.462 e. The third-order valence-electron chi connectivity index (χ3n) is 4.85. The maximum atomic E-state index is 11.9. The van der Waals surface area contributed by atoms with Crippen LogP contribution in [0.25, 0.3) is 0 Å². The highest BCUT2D eigenvalue weighted by atomic mass is 16.7. The van der Waals surface area contributed by atoms with Crippen molar-refractivity contribution < 1.29 is 18.8 Å². The lowest BCUT2D eigenvalue weighted by atomic mass is 9.79. The Labute approximate surface area is 116 Å². The van der Waals surface area contributed by atoms with Gasteiger partial charge in [0, 0.05) is 5.82 Å². The van der Waals surface area contributed by atoms with Crippen LogP contribution in [0.1, 0.15) is 48.0 Å². The summed E-state index contributed by atoms with van der Waals surface area (Å²) < 4.78 is 17.2. The minimum absolute atomic E-state index is 0.0559. The quantitative estimate of drug-likeness (QED) is 0.581. The lowest BCUT2D eigenvalue weighted by Gasteiger charge is -2.32. The van der Waals surface area contributed by atoms with E-state index in [1.807, 2.05) is 34.6 Å². The summed E-state index contributed by atoms with van der Waals surface area (Å²) in [5.74, 6) is 0.313. The Balaban J connectivity index is 2.06. The van der Waals surface area contributed by atoms with Gasteiger partial charge in [0.15, 0.2) is 0 Å². The number of rotatable bonds is 4. The van der Waals surface area contributed by atoms with E-state index in [4.69, 9.17) is 14.0 Å². The van der Waals surface area contributed by atoms with E-state index in [2.05, 4.69) is 6.92 Å². The average molecular weight is 268 g/mol. The summed E-state index contributed by atoms with van der Waals surface area (Å²) in [5, 5.41) is 0. The van der Waals surface area contributed by atoms with Gasteiger partial charge in [-0.3, -0.25) is 4.79 Å². The molecule has 2 fully saturated rings. The second kappa shape index (κ2) is 4.78. The second-order valence-electron chi connectivity index (χ2n) is 6.55. The zero-order chi connectivity index (χ0) is 14.4. The Hall–Kier alpha value is -0.545. The molecule has 0 bridgehead atoms. The zero-order valence-electron chi connectivity index (χ0n) is 12.9. The Morgan fingerprint density at radius 1 is 1.16 bits per heavy atom. The Morgan fingerprint density at radius 2 is 1.68 bits per heavy atom. The Bertz CT molecular complexity index is 350. The van der Waals surface area contributed by atoms with Crippen LogP contribution in [-0.4, -0.2) is 30.9 Å². The van der Waals surface area contributed by atoms with E-state index in [1.54, 1.807) is 0 Å². The number of hydrogen-bond donors (Lipinski definition) is 0. The number of carbonyl (C=O) groups excluding carboxylic acids is 1. The molecule has 0 aromatic carbocycles. The van der Waals surface area contributed by atoms with Crippen LogP contribution in [0.4, 0.5) is 0 Å². The fraction of sp³-hybridized carbons (Fsp3) is 0.929. The van der Waals surface area contributed by atoms with Crippen LogP contribution in [0, 0.1) is 11.8 Å². The van der Waals surface area contributed by atoms with Gasteiger partial charge in [-0.1, -0.05) is 13.3 Å². The summed E-state index contributed by atoms with van der Waals surface area (Å²) in [7, 11) is -0.288. The highest BCUT2D eigenvalue weighted by Gasteiger charge is 2.66. The fourth-order valence-electron chi connectivity index (χ4n) is 2.91. The lowest BCUT2D eigenvalue weighted by Crippen LogP contribution is -2.41. The molecule has 3 atom stereocenters. The first-order valence-electron chi connectivity index (χ1n) is 7.27. The molecule has 4 nitrogen and oxygen atoms in total. The SMILES string of the molecule is CCOC(=O)[C@@H]1[C@H](CC)[C@H]1B1OC(C)(C)C(C)(C)O1. The highest BCUT2D eigenvalue weighted by Crippen LogP contribution is 2.59. The Kier molecular flexibility index (Phi) is 3.73. The molecule has 1 saturated carbocycles. The molecule has 1 aliphatic heterocycles. The third kappa shape index (κ3) is 2.43. The topological polar surface area (TPSA) is 44.8 Å². The van der Waals surface area contributed by atoms with Crippen LogP contribution in [0.5, 0.6) is 0 Å². The molecule has 108 valence electrons. The van der Waals surface area contributed by atoms with Gasteiger partial charge in [0.25, 0.3) is 0 Å². The first-order valence-corrected chi connectivity index (χ1v) is 7.27. The van der Waals surface area contributed by atoms with Crippen LogP contribution in [0.15, 0.2) is 0 Å². The van der Waals surface area contributed by atoms with Gasteiger partial charge in [-0.05, 0) is 40.5 Å².